The van der Waals surface area contributed by atoms with Crippen molar-refractivity contribution >= 4 is 17.3 Å². The van der Waals surface area contributed by atoms with Gasteiger partial charge in [-0.05, 0) is 72.6 Å². The van der Waals surface area contributed by atoms with E-state index >= 15 is 0 Å². The Kier molecular flexibility index (Phi) is 6.02. The van der Waals surface area contributed by atoms with Crippen LogP contribution < -0.4 is 10.1 Å². The summed E-state index contributed by atoms with van der Waals surface area (Å²) < 4.78 is 19.4. The molecule has 0 amide bonds. The third-order valence-electron chi connectivity index (χ3n) is 5.07. The topological polar surface area (TPSA) is 53.8 Å². The van der Waals surface area contributed by atoms with E-state index in [4.69, 9.17) is 21.3 Å². The maximum absolute atomic E-state index is 13.8. The molecule has 1 aliphatic heterocycles. The van der Waals surface area contributed by atoms with Crippen LogP contribution in [-0.4, -0.2) is 17.4 Å². The number of hydrogen-bond acceptors (Lipinski definition) is 4. The smallest absolute Gasteiger partial charge is 0.126 e. The lowest BCUT2D eigenvalue weighted by atomic mass is 9.93. The molecule has 4 rings (SSSR count). The largest absolute Gasteiger partial charge is 0.508 e. The summed E-state index contributed by atoms with van der Waals surface area (Å²) in [5.41, 5.74) is 3.20. The van der Waals surface area contributed by atoms with Crippen molar-refractivity contribution in [2.75, 3.05) is 6.61 Å². The van der Waals surface area contributed by atoms with Crippen LogP contribution in [0, 0.1) is 5.82 Å². The molecule has 0 bridgehead atoms. The minimum Gasteiger partial charge on any atom is -0.508 e. The summed E-state index contributed by atoms with van der Waals surface area (Å²) in [6.45, 7) is 2.54. The molecule has 0 fully saturated rings. The van der Waals surface area contributed by atoms with Crippen LogP contribution in [0.3, 0.4) is 0 Å². The van der Waals surface area contributed by atoms with Crippen LogP contribution in [0.4, 0.5) is 4.39 Å². The SMILES string of the molecule is CCOc1ccc(C2=N[C@H](c3cccc(F)c3)N[C@H](c3cc(Cl)ccc3O)C2)cc1. The van der Waals surface area contributed by atoms with Gasteiger partial charge in [0.2, 0.25) is 0 Å². The van der Waals surface area contributed by atoms with E-state index in [2.05, 4.69) is 5.32 Å². The van der Waals surface area contributed by atoms with Crippen molar-refractivity contribution in [1.29, 1.82) is 0 Å². The molecule has 154 valence electrons. The number of hydrogen-bond donors (Lipinski definition) is 2. The van der Waals surface area contributed by atoms with Crippen LogP contribution in [0.5, 0.6) is 11.5 Å². The second-order valence-electron chi connectivity index (χ2n) is 7.12. The Morgan fingerprint density at radius 2 is 1.93 bits per heavy atom. The second-order valence-corrected chi connectivity index (χ2v) is 7.55. The Morgan fingerprint density at radius 1 is 1.13 bits per heavy atom. The number of benzene rings is 3. The van der Waals surface area contributed by atoms with Gasteiger partial charge in [0.25, 0.3) is 0 Å². The molecule has 1 heterocycles. The van der Waals surface area contributed by atoms with Gasteiger partial charge >= 0.3 is 0 Å². The van der Waals surface area contributed by atoms with Gasteiger partial charge in [0.1, 0.15) is 23.5 Å². The molecular weight excluding hydrogens is 403 g/mol. The highest BCUT2D eigenvalue weighted by Gasteiger charge is 2.28. The van der Waals surface area contributed by atoms with Gasteiger partial charge in [-0.1, -0.05) is 23.7 Å². The highest BCUT2D eigenvalue weighted by molar-refractivity contribution is 6.30. The fourth-order valence-corrected chi connectivity index (χ4v) is 3.82. The van der Waals surface area contributed by atoms with Crippen LogP contribution in [0.2, 0.25) is 5.02 Å². The first-order chi connectivity index (χ1) is 14.5. The van der Waals surface area contributed by atoms with Crippen LogP contribution in [0.25, 0.3) is 0 Å². The van der Waals surface area contributed by atoms with Crippen LogP contribution >= 0.6 is 11.6 Å². The number of phenolic OH excluding ortho intramolecular Hbond substituents is 1. The number of aromatic hydroxyl groups is 1. The highest BCUT2D eigenvalue weighted by atomic mass is 35.5. The number of nitrogens with one attached hydrogen (secondary N) is 1. The van der Waals surface area contributed by atoms with E-state index in [-0.39, 0.29) is 17.6 Å². The number of nitrogens with zero attached hydrogens (tertiary/aromatic N) is 1. The molecule has 0 radical (unpaired) electrons. The van der Waals surface area contributed by atoms with E-state index < -0.39 is 6.17 Å². The van der Waals surface area contributed by atoms with Gasteiger partial charge in [0.15, 0.2) is 0 Å². The molecule has 30 heavy (non-hydrogen) atoms. The first-order valence-electron chi connectivity index (χ1n) is 9.83. The van der Waals surface area contributed by atoms with E-state index in [9.17, 15) is 9.50 Å². The zero-order valence-corrected chi connectivity index (χ0v) is 17.2. The average Bonchev–Trinajstić information content (AvgIpc) is 2.76. The average molecular weight is 425 g/mol. The minimum absolute atomic E-state index is 0.155. The third kappa shape index (κ3) is 4.48. The predicted octanol–water partition coefficient (Wildman–Crippen LogP) is 5.81. The van der Waals surface area contributed by atoms with Crippen molar-refractivity contribution in [3.05, 3.63) is 94.3 Å². The minimum atomic E-state index is -0.459. The van der Waals surface area contributed by atoms with Gasteiger partial charge in [-0.15, -0.1) is 0 Å². The van der Waals surface area contributed by atoms with Gasteiger partial charge in [-0.2, -0.15) is 0 Å². The lowest BCUT2D eigenvalue weighted by Crippen LogP contribution is -2.33. The van der Waals surface area contributed by atoms with Gasteiger partial charge in [-0.25, -0.2) is 4.39 Å². The van der Waals surface area contributed by atoms with Gasteiger partial charge < -0.3 is 9.84 Å². The van der Waals surface area contributed by atoms with Crippen LogP contribution in [0.1, 0.15) is 42.2 Å². The summed E-state index contributed by atoms with van der Waals surface area (Å²) in [7, 11) is 0. The Labute approximate surface area is 180 Å². The summed E-state index contributed by atoms with van der Waals surface area (Å²) in [5.74, 6) is 0.629. The zero-order chi connectivity index (χ0) is 21.1. The molecule has 0 spiro atoms. The fourth-order valence-electron chi connectivity index (χ4n) is 3.64. The molecule has 0 saturated carbocycles. The molecule has 1 aliphatic rings. The summed E-state index contributed by atoms with van der Waals surface area (Å²) in [6, 6.07) is 18.9. The molecule has 0 aromatic heterocycles. The van der Waals surface area contributed by atoms with E-state index in [0.717, 1.165) is 17.0 Å². The molecule has 6 heteroatoms. The lowest BCUT2D eigenvalue weighted by Gasteiger charge is -2.31. The molecule has 3 aromatic rings. The van der Waals surface area contributed by atoms with Crippen molar-refractivity contribution in [1.82, 2.24) is 5.32 Å². The molecule has 2 atom stereocenters. The number of aliphatic imine (C=N–C) groups is 1. The van der Waals surface area contributed by atoms with Crippen molar-refractivity contribution < 1.29 is 14.2 Å². The summed E-state index contributed by atoms with van der Waals surface area (Å²) in [5, 5.41) is 14.4. The van der Waals surface area contributed by atoms with Gasteiger partial charge in [-0.3, -0.25) is 10.3 Å². The van der Waals surface area contributed by atoms with Crippen molar-refractivity contribution in [2.45, 2.75) is 25.6 Å². The Hall–Kier alpha value is -2.89. The standard InChI is InChI=1S/C24H22ClFN2O2/c1-2-30-19-9-6-15(7-10-19)21-14-22(20-13-17(25)8-11-23(20)29)28-24(27-21)16-4-3-5-18(26)12-16/h3-13,22,24,28-29H,2,14H2,1H3/t22-,24-/m0/s1. The van der Waals surface area contributed by atoms with Crippen LogP contribution in [-0.2, 0) is 0 Å². The van der Waals surface area contributed by atoms with Gasteiger partial charge in [0, 0.05) is 28.8 Å². The summed E-state index contributed by atoms with van der Waals surface area (Å²) >= 11 is 6.18. The van der Waals surface area contributed by atoms with Gasteiger partial charge in [0.05, 0.1) is 6.61 Å². The van der Waals surface area contributed by atoms with Crippen molar-refractivity contribution in [3.8, 4) is 11.5 Å². The number of rotatable bonds is 5. The highest BCUT2D eigenvalue weighted by Crippen LogP contribution is 2.36. The van der Waals surface area contributed by atoms with Crippen molar-refractivity contribution in [3.63, 3.8) is 0 Å². The maximum atomic E-state index is 13.8. The predicted molar refractivity (Wildman–Crippen MR) is 117 cm³/mol. The Bertz CT molecular complexity index is 1070. The second kappa shape index (κ2) is 8.86. The van der Waals surface area contributed by atoms with E-state index in [1.165, 1.54) is 12.1 Å². The quantitative estimate of drug-likeness (QED) is 0.543. The monoisotopic (exact) mass is 424 g/mol. The number of ether oxygens (including phenoxy) is 1. The molecule has 0 unspecified atom stereocenters. The number of phenols is 1. The summed E-state index contributed by atoms with van der Waals surface area (Å²) in [4.78, 5) is 4.85. The Balaban J connectivity index is 1.73. The Morgan fingerprint density at radius 3 is 2.67 bits per heavy atom. The lowest BCUT2D eigenvalue weighted by molar-refractivity contribution is 0.340. The first kappa shape index (κ1) is 20.4. The van der Waals surface area contributed by atoms with E-state index in [1.807, 2.05) is 37.3 Å². The first-order valence-corrected chi connectivity index (χ1v) is 10.2. The number of halogens is 2. The van der Waals surface area contributed by atoms with Crippen LogP contribution in [0.15, 0.2) is 71.7 Å². The normalized spacial score (nSPS) is 18.7. The third-order valence-corrected chi connectivity index (χ3v) is 5.30. The zero-order valence-electron chi connectivity index (χ0n) is 16.5. The maximum Gasteiger partial charge on any atom is 0.126 e. The summed E-state index contributed by atoms with van der Waals surface area (Å²) in [6.07, 6.45) is 0.0904. The molecule has 0 saturated heterocycles. The molecule has 3 aromatic carbocycles. The molecular formula is C24H22ClFN2O2. The van der Waals surface area contributed by atoms with Crippen molar-refractivity contribution in [2.24, 2.45) is 4.99 Å². The molecule has 0 aliphatic carbocycles. The molecule has 4 nitrogen and oxygen atoms in total. The van der Waals surface area contributed by atoms with E-state index in [1.54, 1.807) is 24.3 Å². The fraction of sp³-hybridized carbons (Fsp3) is 0.208. The van der Waals surface area contributed by atoms with E-state index in [0.29, 0.717) is 29.2 Å². The molecule has 2 N–H and O–H groups in total.